The second-order valence-electron chi connectivity index (χ2n) is 6.43. The Hall–Kier alpha value is -1.88. The number of rotatable bonds is 7. The third-order valence-electron chi connectivity index (χ3n) is 4.53. The SMILES string of the molecule is CCCN(CCC)C(=O)Cn1c(C2CCCO2)nc2ccccc21. The Morgan fingerprint density at radius 3 is 2.71 bits per heavy atom. The number of ether oxygens (including phenoxy) is 1. The van der Waals surface area contributed by atoms with Crippen molar-refractivity contribution in [2.75, 3.05) is 19.7 Å². The van der Waals surface area contributed by atoms with Gasteiger partial charge in [0, 0.05) is 19.7 Å². The van der Waals surface area contributed by atoms with Crippen molar-refractivity contribution >= 4 is 16.9 Å². The summed E-state index contributed by atoms with van der Waals surface area (Å²) in [5.74, 6) is 1.07. The van der Waals surface area contributed by atoms with Gasteiger partial charge in [0.2, 0.25) is 5.91 Å². The Morgan fingerprint density at radius 2 is 2.04 bits per heavy atom. The van der Waals surface area contributed by atoms with Crippen molar-refractivity contribution < 1.29 is 9.53 Å². The van der Waals surface area contributed by atoms with E-state index in [0.29, 0.717) is 6.54 Å². The molecule has 3 rings (SSSR count). The minimum Gasteiger partial charge on any atom is -0.370 e. The maximum atomic E-state index is 12.8. The van der Waals surface area contributed by atoms with Gasteiger partial charge in [-0.3, -0.25) is 4.79 Å². The van der Waals surface area contributed by atoms with Crippen LogP contribution in [0.1, 0.15) is 51.5 Å². The molecule has 1 fully saturated rings. The van der Waals surface area contributed by atoms with E-state index >= 15 is 0 Å². The average molecular weight is 329 g/mol. The zero-order valence-corrected chi connectivity index (χ0v) is 14.7. The maximum Gasteiger partial charge on any atom is 0.242 e. The fourth-order valence-electron chi connectivity index (χ4n) is 3.42. The molecule has 2 aromatic rings. The van der Waals surface area contributed by atoms with Gasteiger partial charge in [0.25, 0.3) is 0 Å². The second kappa shape index (κ2) is 7.79. The quantitative estimate of drug-likeness (QED) is 0.780. The number of carbonyl (C=O) groups excluding carboxylic acids is 1. The summed E-state index contributed by atoms with van der Waals surface area (Å²) in [5.41, 5.74) is 1.96. The van der Waals surface area contributed by atoms with E-state index in [-0.39, 0.29) is 12.0 Å². The minimum atomic E-state index is 0.0102. The van der Waals surface area contributed by atoms with Gasteiger partial charge in [-0.2, -0.15) is 0 Å². The standard InChI is InChI=1S/C19H27N3O2/c1-3-11-21(12-4-2)18(23)14-22-16-9-6-5-8-15(16)20-19(22)17-10-7-13-24-17/h5-6,8-9,17H,3-4,7,10-14H2,1-2H3. The molecule has 1 atom stereocenters. The number of hydrogen-bond acceptors (Lipinski definition) is 3. The van der Waals surface area contributed by atoms with E-state index in [0.717, 1.165) is 62.2 Å². The van der Waals surface area contributed by atoms with Crippen molar-refractivity contribution in [2.45, 2.75) is 52.2 Å². The molecule has 1 aromatic carbocycles. The first kappa shape index (κ1) is 17.0. The highest BCUT2D eigenvalue weighted by Gasteiger charge is 2.26. The van der Waals surface area contributed by atoms with Crippen LogP contribution in [-0.4, -0.2) is 40.1 Å². The van der Waals surface area contributed by atoms with Crippen molar-refractivity contribution in [3.63, 3.8) is 0 Å². The lowest BCUT2D eigenvalue weighted by Crippen LogP contribution is -2.35. The lowest BCUT2D eigenvalue weighted by Gasteiger charge is -2.23. The molecule has 1 aliphatic heterocycles. The summed E-state index contributed by atoms with van der Waals surface area (Å²) in [7, 11) is 0. The molecule has 0 spiro atoms. The van der Waals surface area contributed by atoms with Crippen LogP contribution in [-0.2, 0) is 16.1 Å². The van der Waals surface area contributed by atoms with E-state index < -0.39 is 0 Å². The van der Waals surface area contributed by atoms with Crippen LogP contribution in [0.3, 0.4) is 0 Å². The molecule has 5 nitrogen and oxygen atoms in total. The van der Waals surface area contributed by atoms with Crippen LogP contribution in [0.15, 0.2) is 24.3 Å². The molecular weight excluding hydrogens is 302 g/mol. The number of para-hydroxylation sites is 2. The number of aromatic nitrogens is 2. The topological polar surface area (TPSA) is 47.4 Å². The Bertz CT molecular complexity index is 683. The normalized spacial score (nSPS) is 17.5. The Labute approximate surface area is 143 Å². The van der Waals surface area contributed by atoms with E-state index in [9.17, 15) is 4.79 Å². The zero-order chi connectivity index (χ0) is 16.9. The van der Waals surface area contributed by atoms with Crippen LogP contribution in [0.5, 0.6) is 0 Å². The van der Waals surface area contributed by atoms with Crippen molar-refractivity contribution in [3.8, 4) is 0 Å². The van der Waals surface area contributed by atoms with Crippen LogP contribution in [0.25, 0.3) is 11.0 Å². The van der Waals surface area contributed by atoms with Crippen molar-refractivity contribution in [1.82, 2.24) is 14.5 Å². The molecule has 2 heterocycles. The number of fused-ring (bicyclic) bond motifs is 1. The Morgan fingerprint density at radius 1 is 1.29 bits per heavy atom. The predicted molar refractivity (Wildman–Crippen MR) is 94.8 cm³/mol. The highest BCUT2D eigenvalue weighted by atomic mass is 16.5. The highest BCUT2D eigenvalue weighted by molar-refractivity contribution is 5.81. The molecule has 1 aromatic heterocycles. The molecule has 0 saturated carbocycles. The van der Waals surface area contributed by atoms with Gasteiger partial charge in [-0.1, -0.05) is 26.0 Å². The number of nitrogens with zero attached hydrogens (tertiary/aromatic N) is 3. The van der Waals surface area contributed by atoms with Gasteiger partial charge >= 0.3 is 0 Å². The number of imidazole rings is 1. The molecule has 24 heavy (non-hydrogen) atoms. The third-order valence-corrected chi connectivity index (χ3v) is 4.53. The van der Waals surface area contributed by atoms with Gasteiger partial charge in [-0.15, -0.1) is 0 Å². The van der Waals surface area contributed by atoms with E-state index in [4.69, 9.17) is 9.72 Å². The molecule has 1 unspecified atom stereocenters. The lowest BCUT2D eigenvalue weighted by molar-refractivity contribution is -0.132. The van der Waals surface area contributed by atoms with Crippen LogP contribution >= 0.6 is 0 Å². The molecule has 130 valence electrons. The van der Waals surface area contributed by atoms with Crippen LogP contribution in [0.2, 0.25) is 0 Å². The van der Waals surface area contributed by atoms with Crippen LogP contribution < -0.4 is 0 Å². The summed E-state index contributed by atoms with van der Waals surface area (Å²) in [6.07, 6.45) is 4.01. The number of benzene rings is 1. The van der Waals surface area contributed by atoms with Crippen LogP contribution in [0, 0.1) is 0 Å². The fraction of sp³-hybridized carbons (Fsp3) is 0.579. The summed E-state index contributed by atoms with van der Waals surface area (Å²) in [6, 6.07) is 8.03. The maximum absolute atomic E-state index is 12.8. The monoisotopic (exact) mass is 329 g/mol. The van der Waals surface area contributed by atoms with Gasteiger partial charge in [0.15, 0.2) is 0 Å². The minimum absolute atomic E-state index is 0.0102. The van der Waals surface area contributed by atoms with Crippen LogP contribution in [0.4, 0.5) is 0 Å². The molecule has 5 heteroatoms. The first-order valence-corrected chi connectivity index (χ1v) is 9.09. The Balaban J connectivity index is 1.91. The molecular formula is C19H27N3O2. The van der Waals surface area contributed by atoms with Crippen molar-refractivity contribution in [2.24, 2.45) is 0 Å². The van der Waals surface area contributed by atoms with Gasteiger partial charge in [-0.05, 0) is 37.8 Å². The summed E-state index contributed by atoms with van der Waals surface area (Å²) in [4.78, 5) is 19.6. The molecule has 0 radical (unpaired) electrons. The zero-order valence-electron chi connectivity index (χ0n) is 14.7. The van der Waals surface area contributed by atoms with E-state index in [2.05, 4.69) is 18.4 Å². The fourth-order valence-corrected chi connectivity index (χ4v) is 3.42. The largest absolute Gasteiger partial charge is 0.370 e. The highest BCUT2D eigenvalue weighted by Crippen LogP contribution is 2.30. The Kier molecular flexibility index (Phi) is 5.51. The summed E-state index contributed by atoms with van der Waals surface area (Å²) >= 11 is 0. The predicted octanol–water partition coefficient (Wildman–Crippen LogP) is 3.54. The molecule has 1 aliphatic rings. The lowest BCUT2D eigenvalue weighted by atomic mass is 10.2. The number of amides is 1. The molecule has 1 amide bonds. The van der Waals surface area contributed by atoms with E-state index in [1.54, 1.807) is 0 Å². The summed E-state index contributed by atoms with van der Waals surface area (Å²) < 4.78 is 7.90. The van der Waals surface area contributed by atoms with Gasteiger partial charge in [-0.25, -0.2) is 4.98 Å². The van der Waals surface area contributed by atoms with Gasteiger partial charge in [0.1, 0.15) is 18.5 Å². The van der Waals surface area contributed by atoms with E-state index in [1.165, 1.54) is 0 Å². The first-order chi connectivity index (χ1) is 11.7. The van der Waals surface area contributed by atoms with E-state index in [1.807, 2.05) is 29.2 Å². The van der Waals surface area contributed by atoms with Gasteiger partial charge < -0.3 is 14.2 Å². The van der Waals surface area contributed by atoms with Gasteiger partial charge in [0.05, 0.1) is 11.0 Å². The number of carbonyl (C=O) groups is 1. The molecule has 1 saturated heterocycles. The average Bonchev–Trinajstić information content (AvgIpc) is 3.23. The third kappa shape index (κ3) is 3.46. The summed E-state index contributed by atoms with van der Waals surface area (Å²) in [6.45, 7) is 6.97. The molecule has 0 bridgehead atoms. The van der Waals surface area contributed by atoms with Crippen molar-refractivity contribution in [3.05, 3.63) is 30.1 Å². The second-order valence-corrected chi connectivity index (χ2v) is 6.43. The number of hydrogen-bond donors (Lipinski definition) is 0. The molecule has 0 N–H and O–H groups in total. The first-order valence-electron chi connectivity index (χ1n) is 9.09. The summed E-state index contributed by atoms with van der Waals surface area (Å²) in [5, 5.41) is 0. The van der Waals surface area contributed by atoms with Crippen molar-refractivity contribution in [1.29, 1.82) is 0 Å². The smallest absolute Gasteiger partial charge is 0.242 e. The molecule has 0 aliphatic carbocycles.